The molecular formula is C17H27ClN2O2. The van der Waals surface area contributed by atoms with Crippen LogP contribution in [0.2, 0.25) is 0 Å². The molecule has 1 aromatic rings. The van der Waals surface area contributed by atoms with Crippen molar-refractivity contribution >= 4 is 18.3 Å². The second-order valence-electron chi connectivity index (χ2n) is 6.22. The number of ether oxygens (including phenoxy) is 1. The highest BCUT2D eigenvalue weighted by atomic mass is 35.5. The molecule has 3 N–H and O–H groups in total. The SMILES string of the molecule is CCc1ccc(C(C)(C)NC(=O)[C@@H]2CC[C@H](CN)O2)cc1.Cl. The molecule has 0 spiro atoms. The van der Waals surface area contributed by atoms with Crippen LogP contribution in [0, 0.1) is 0 Å². The molecule has 1 saturated heterocycles. The van der Waals surface area contributed by atoms with E-state index in [9.17, 15) is 4.79 Å². The highest BCUT2D eigenvalue weighted by Gasteiger charge is 2.33. The van der Waals surface area contributed by atoms with Gasteiger partial charge in [0.25, 0.3) is 0 Å². The zero-order chi connectivity index (χ0) is 15.5. The van der Waals surface area contributed by atoms with E-state index >= 15 is 0 Å². The maximum Gasteiger partial charge on any atom is 0.249 e. The molecule has 4 nitrogen and oxygen atoms in total. The van der Waals surface area contributed by atoms with Gasteiger partial charge < -0.3 is 15.8 Å². The van der Waals surface area contributed by atoms with E-state index in [0.717, 1.165) is 24.8 Å². The van der Waals surface area contributed by atoms with E-state index in [4.69, 9.17) is 10.5 Å². The summed E-state index contributed by atoms with van der Waals surface area (Å²) in [5.74, 6) is -0.0458. The monoisotopic (exact) mass is 326 g/mol. The first-order valence-corrected chi connectivity index (χ1v) is 7.73. The van der Waals surface area contributed by atoms with E-state index in [-0.39, 0.29) is 30.5 Å². The molecule has 5 heteroatoms. The lowest BCUT2D eigenvalue weighted by atomic mass is 9.92. The lowest BCUT2D eigenvalue weighted by Gasteiger charge is -2.28. The molecular weight excluding hydrogens is 300 g/mol. The van der Waals surface area contributed by atoms with Crippen molar-refractivity contribution in [3.8, 4) is 0 Å². The van der Waals surface area contributed by atoms with Crippen molar-refractivity contribution in [2.45, 2.75) is 57.8 Å². The number of nitrogens with one attached hydrogen (secondary N) is 1. The van der Waals surface area contributed by atoms with Gasteiger partial charge in [0, 0.05) is 6.54 Å². The van der Waals surface area contributed by atoms with Gasteiger partial charge in [-0.25, -0.2) is 0 Å². The van der Waals surface area contributed by atoms with Crippen molar-refractivity contribution in [2.24, 2.45) is 5.73 Å². The number of carbonyl (C=O) groups excluding carboxylic acids is 1. The Morgan fingerprint density at radius 2 is 1.95 bits per heavy atom. The summed E-state index contributed by atoms with van der Waals surface area (Å²) < 4.78 is 5.65. The fourth-order valence-corrected chi connectivity index (χ4v) is 2.69. The number of halogens is 1. The van der Waals surface area contributed by atoms with Crippen LogP contribution >= 0.6 is 12.4 Å². The first-order chi connectivity index (χ1) is 9.96. The number of hydrogen-bond donors (Lipinski definition) is 2. The Morgan fingerprint density at radius 1 is 1.32 bits per heavy atom. The number of carbonyl (C=O) groups is 1. The van der Waals surface area contributed by atoms with Crippen LogP contribution in [0.4, 0.5) is 0 Å². The Bertz CT molecular complexity index is 488. The number of nitrogens with two attached hydrogens (primary N) is 1. The molecule has 2 atom stereocenters. The van der Waals surface area contributed by atoms with Crippen LogP contribution in [0.1, 0.15) is 44.7 Å². The first-order valence-electron chi connectivity index (χ1n) is 7.73. The van der Waals surface area contributed by atoms with Gasteiger partial charge in [0.2, 0.25) is 5.91 Å². The molecule has 0 aliphatic carbocycles. The summed E-state index contributed by atoms with van der Waals surface area (Å²) in [5, 5.41) is 3.09. The summed E-state index contributed by atoms with van der Waals surface area (Å²) in [6.45, 7) is 6.64. The highest BCUT2D eigenvalue weighted by Crippen LogP contribution is 2.24. The largest absolute Gasteiger partial charge is 0.364 e. The maximum atomic E-state index is 12.3. The Hall–Kier alpha value is -1.10. The minimum absolute atomic E-state index is 0. The number of benzene rings is 1. The quantitative estimate of drug-likeness (QED) is 0.874. The van der Waals surface area contributed by atoms with Gasteiger partial charge in [-0.05, 0) is 44.2 Å². The summed E-state index contributed by atoms with van der Waals surface area (Å²) in [6, 6.07) is 8.38. The van der Waals surface area contributed by atoms with Gasteiger partial charge in [0.1, 0.15) is 6.10 Å². The van der Waals surface area contributed by atoms with Crippen molar-refractivity contribution in [3.63, 3.8) is 0 Å². The molecule has 1 heterocycles. The Kier molecular flexibility index (Phi) is 6.85. The second-order valence-corrected chi connectivity index (χ2v) is 6.22. The third-order valence-corrected chi connectivity index (χ3v) is 4.18. The summed E-state index contributed by atoms with van der Waals surface area (Å²) in [6.07, 6.45) is 2.28. The summed E-state index contributed by atoms with van der Waals surface area (Å²) in [5.41, 5.74) is 7.57. The van der Waals surface area contributed by atoms with E-state index in [2.05, 4.69) is 36.5 Å². The second kappa shape index (κ2) is 7.95. The lowest BCUT2D eigenvalue weighted by molar-refractivity contribution is -0.133. The van der Waals surface area contributed by atoms with Gasteiger partial charge in [-0.15, -0.1) is 12.4 Å². The summed E-state index contributed by atoms with van der Waals surface area (Å²) in [4.78, 5) is 12.3. The molecule has 0 aromatic heterocycles. The number of hydrogen-bond acceptors (Lipinski definition) is 3. The normalized spacial score (nSPS) is 21.3. The van der Waals surface area contributed by atoms with Gasteiger partial charge in [-0.1, -0.05) is 31.2 Å². The van der Waals surface area contributed by atoms with Gasteiger partial charge in [0.05, 0.1) is 11.6 Å². The predicted molar refractivity (Wildman–Crippen MR) is 91.2 cm³/mol. The molecule has 1 amide bonds. The molecule has 22 heavy (non-hydrogen) atoms. The highest BCUT2D eigenvalue weighted by molar-refractivity contribution is 5.85. The van der Waals surface area contributed by atoms with Crippen LogP contribution in [0.25, 0.3) is 0 Å². The molecule has 1 aromatic carbocycles. The van der Waals surface area contributed by atoms with Crippen molar-refractivity contribution < 1.29 is 9.53 Å². The average Bonchev–Trinajstić information content (AvgIpc) is 2.96. The zero-order valence-corrected chi connectivity index (χ0v) is 14.4. The molecule has 0 unspecified atom stereocenters. The van der Waals surface area contributed by atoms with E-state index in [1.54, 1.807) is 0 Å². The Labute approximate surface area is 139 Å². The lowest BCUT2D eigenvalue weighted by Crippen LogP contribution is -2.46. The van der Waals surface area contributed by atoms with Crippen molar-refractivity contribution in [1.29, 1.82) is 0 Å². The number of rotatable bonds is 5. The topological polar surface area (TPSA) is 64.4 Å². The van der Waals surface area contributed by atoms with Crippen LogP contribution in [-0.4, -0.2) is 24.7 Å². The van der Waals surface area contributed by atoms with Crippen LogP contribution in [0.3, 0.4) is 0 Å². The molecule has 1 aliphatic heterocycles. The van der Waals surface area contributed by atoms with E-state index in [1.165, 1.54) is 5.56 Å². The molecule has 1 fully saturated rings. The maximum absolute atomic E-state index is 12.3. The predicted octanol–water partition coefficient (Wildman–Crippen LogP) is 2.53. The summed E-state index contributed by atoms with van der Waals surface area (Å²) >= 11 is 0. The van der Waals surface area contributed by atoms with Crippen molar-refractivity contribution in [1.82, 2.24) is 5.32 Å². The molecule has 0 bridgehead atoms. The van der Waals surface area contributed by atoms with Gasteiger partial charge in [-0.3, -0.25) is 4.79 Å². The average molecular weight is 327 g/mol. The van der Waals surface area contributed by atoms with Crippen molar-refractivity contribution in [2.75, 3.05) is 6.54 Å². The fraction of sp³-hybridized carbons (Fsp3) is 0.588. The Morgan fingerprint density at radius 3 is 2.45 bits per heavy atom. The fourth-order valence-electron chi connectivity index (χ4n) is 2.69. The van der Waals surface area contributed by atoms with Crippen molar-refractivity contribution in [3.05, 3.63) is 35.4 Å². The van der Waals surface area contributed by atoms with Gasteiger partial charge >= 0.3 is 0 Å². The van der Waals surface area contributed by atoms with Crippen LogP contribution < -0.4 is 11.1 Å². The van der Waals surface area contributed by atoms with Crippen LogP contribution in [0.5, 0.6) is 0 Å². The molecule has 0 radical (unpaired) electrons. The minimum atomic E-state index is -0.409. The van der Waals surface area contributed by atoms with Crippen LogP contribution in [0.15, 0.2) is 24.3 Å². The standard InChI is InChI=1S/C17H26N2O2.ClH/c1-4-12-5-7-13(8-6-12)17(2,3)19-16(20)15-10-9-14(11-18)21-15;/h5-8,14-15H,4,9-11,18H2,1-3H3,(H,19,20);1H/t14-,15+;/m1./s1. The van der Waals surface area contributed by atoms with Gasteiger partial charge in [-0.2, -0.15) is 0 Å². The number of aryl methyl sites for hydroxylation is 1. The molecule has 1 aliphatic rings. The van der Waals surface area contributed by atoms with E-state index in [0.29, 0.717) is 6.54 Å². The third-order valence-electron chi connectivity index (χ3n) is 4.18. The molecule has 0 saturated carbocycles. The minimum Gasteiger partial charge on any atom is -0.364 e. The third kappa shape index (κ3) is 4.45. The van der Waals surface area contributed by atoms with Crippen LogP contribution in [-0.2, 0) is 21.5 Å². The first kappa shape index (κ1) is 18.9. The Balaban J connectivity index is 0.00000242. The zero-order valence-electron chi connectivity index (χ0n) is 13.6. The summed E-state index contributed by atoms with van der Waals surface area (Å²) in [7, 11) is 0. The molecule has 2 rings (SSSR count). The molecule has 124 valence electrons. The van der Waals surface area contributed by atoms with E-state index < -0.39 is 5.54 Å². The smallest absolute Gasteiger partial charge is 0.249 e. The van der Waals surface area contributed by atoms with E-state index in [1.807, 2.05) is 13.8 Å². The van der Waals surface area contributed by atoms with Gasteiger partial charge in [0.15, 0.2) is 0 Å². The number of amides is 1.